The molecule has 0 unspecified atom stereocenters. The van der Waals surface area contributed by atoms with Crippen LogP contribution >= 0.6 is 23.2 Å². The molecule has 1 aliphatic heterocycles. The molecule has 1 aliphatic rings. The number of hydrogen-bond donors (Lipinski definition) is 2. The van der Waals surface area contributed by atoms with Crippen LogP contribution in [-0.4, -0.2) is 41.6 Å². The van der Waals surface area contributed by atoms with Crippen LogP contribution < -0.4 is 19.1 Å². The van der Waals surface area contributed by atoms with Crippen LogP contribution in [0.25, 0.3) is 0 Å². The molecule has 0 radical (unpaired) electrons. The van der Waals surface area contributed by atoms with Gasteiger partial charge in [0.15, 0.2) is 6.10 Å². The standard InChI is InChI=1S/C22H19Cl2N3O6S2/c1-34(29,30)27-13-21(33-20-10-5-15(24)12-19(20)27)22(28)25-16-6-8-18(9-7-16)35(31,32)26-17-4-2-3-14(23)11-17/h2-12,21,26H,13H2,1H3,(H,25,28)/t21-/m0/s1. The average Bonchev–Trinajstić information content (AvgIpc) is 2.77. The van der Waals surface area contributed by atoms with E-state index in [1.165, 1.54) is 48.5 Å². The fraction of sp³-hybridized carbons (Fsp3) is 0.136. The van der Waals surface area contributed by atoms with Gasteiger partial charge < -0.3 is 10.1 Å². The molecule has 0 aromatic heterocycles. The molecule has 0 fully saturated rings. The van der Waals surface area contributed by atoms with Gasteiger partial charge in [-0.25, -0.2) is 16.8 Å². The zero-order valence-electron chi connectivity index (χ0n) is 18.1. The molecule has 2 N–H and O–H groups in total. The Labute approximate surface area is 212 Å². The number of amides is 1. The smallest absolute Gasteiger partial charge is 0.267 e. The van der Waals surface area contributed by atoms with E-state index >= 15 is 0 Å². The SMILES string of the molecule is CS(=O)(=O)N1C[C@@H](C(=O)Nc2ccc(S(=O)(=O)Nc3cccc(Cl)c3)cc2)Oc2ccc(Cl)cc21. The Hall–Kier alpha value is -2.99. The van der Waals surface area contributed by atoms with Crippen molar-refractivity contribution >= 4 is 66.2 Å². The topological polar surface area (TPSA) is 122 Å². The minimum Gasteiger partial charge on any atom is -0.476 e. The lowest BCUT2D eigenvalue weighted by atomic mass is 10.2. The van der Waals surface area contributed by atoms with Crippen molar-refractivity contribution in [3.05, 3.63) is 76.8 Å². The minimum absolute atomic E-state index is 0.0292. The second-order valence-electron chi connectivity index (χ2n) is 7.64. The number of anilines is 3. The van der Waals surface area contributed by atoms with Crippen molar-refractivity contribution in [1.29, 1.82) is 0 Å². The van der Waals surface area contributed by atoms with E-state index < -0.39 is 32.1 Å². The zero-order valence-corrected chi connectivity index (χ0v) is 21.2. The number of ether oxygens (including phenoxy) is 1. The largest absolute Gasteiger partial charge is 0.476 e. The van der Waals surface area contributed by atoms with Gasteiger partial charge in [0.25, 0.3) is 15.9 Å². The van der Waals surface area contributed by atoms with Crippen LogP contribution in [0.15, 0.2) is 71.6 Å². The third kappa shape index (κ3) is 5.81. The monoisotopic (exact) mass is 555 g/mol. The molecule has 0 saturated heterocycles. The highest BCUT2D eigenvalue weighted by molar-refractivity contribution is 7.92. The molecule has 0 saturated carbocycles. The molecule has 3 aromatic carbocycles. The lowest BCUT2D eigenvalue weighted by Gasteiger charge is -2.34. The van der Waals surface area contributed by atoms with Crippen LogP contribution in [0.4, 0.5) is 17.1 Å². The third-order valence-electron chi connectivity index (χ3n) is 4.99. The number of hydrogen-bond acceptors (Lipinski definition) is 6. The highest BCUT2D eigenvalue weighted by atomic mass is 35.5. The molecule has 3 aromatic rings. The van der Waals surface area contributed by atoms with Gasteiger partial charge in [-0.05, 0) is 60.7 Å². The van der Waals surface area contributed by atoms with Crippen molar-refractivity contribution in [2.45, 2.75) is 11.0 Å². The molecule has 0 aliphatic carbocycles. The maximum atomic E-state index is 12.8. The average molecular weight is 556 g/mol. The van der Waals surface area contributed by atoms with E-state index in [0.29, 0.717) is 21.4 Å². The fourth-order valence-corrected chi connectivity index (χ4v) is 5.69. The van der Waals surface area contributed by atoms with E-state index in [1.54, 1.807) is 18.2 Å². The normalized spacial score (nSPS) is 15.6. The molecule has 1 heterocycles. The second kappa shape index (κ2) is 9.57. The number of fused-ring (bicyclic) bond motifs is 1. The van der Waals surface area contributed by atoms with E-state index in [4.69, 9.17) is 27.9 Å². The summed E-state index contributed by atoms with van der Waals surface area (Å²) in [6.45, 7) is -0.256. The Bertz CT molecular complexity index is 1500. The molecule has 13 heteroatoms. The number of benzene rings is 3. The molecule has 1 amide bonds. The molecule has 0 spiro atoms. The van der Waals surface area contributed by atoms with Crippen molar-refractivity contribution in [2.24, 2.45) is 0 Å². The molecule has 35 heavy (non-hydrogen) atoms. The maximum Gasteiger partial charge on any atom is 0.267 e. The van der Waals surface area contributed by atoms with Gasteiger partial charge in [-0.15, -0.1) is 0 Å². The third-order valence-corrected chi connectivity index (χ3v) is 8.01. The summed E-state index contributed by atoms with van der Waals surface area (Å²) in [6.07, 6.45) is -0.125. The molecular formula is C22H19Cl2N3O6S2. The van der Waals surface area contributed by atoms with Crippen LogP contribution in [0.5, 0.6) is 5.75 Å². The predicted molar refractivity (Wildman–Crippen MR) is 135 cm³/mol. The van der Waals surface area contributed by atoms with Gasteiger partial charge in [0, 0.05) is 15.7 Å². The quantitative estimate of drug-likeness (QED) is 0.474. The summed E-state index contributed by atoms with van der Waals surface area (Å²) in [5.74, 6) is -0.410. The summed E-state index contributed by atoms with van der Waals surface area (Å²) in [4.78, 5) is 12.8. The first kappa shape index (κ1) is 25.1. The molecule has 0 bridgehead atoms. The van der Waals surface area contributed by atoms with Crippen molar-refractivity contribution in [2.75, 3.05) is 27.1 Å². The van der Waals surface area contributed by atoms with E-state index in [0.717, 1.165) is 10.6 Å². The van der Waals surface area contributed by atoms with Crippen molar-refractivity contribution in [3.63, 3.8) is 0 Å². The Balaban J connectivity index is 1.49. The summed E-state index contributed by atoms with van der Waals surface area (Å²) >= 11 is 11.9. The van der Waals surface area contributed by atoms with Gasteiger partial charge >= 0.3 is 0 Å². The minimum atomic E-state index is -3.89. The lowest BCUT2D eigenvalue weighted by Crippen LogP contribution is -2.48. The van der Waals surface area contributed by atoms with Crippen LogP contribution in [-0.2, 0) is 24.8 Å². The first-order chi connectivity index (χ1) is 16.4. The van der Waals surface area contributed by atoms with Crippen LogP contribution in [0, 0.1) is 0 Å². The van der Waals surface area contributed by atoms with Gasteiger partial charge in [-0.2, -0.15) is 0 Å². The number of nitrogens with zero attached hydrogens (tertiary/aromatic N) is 1. The van der Waals surface area contributed by atoms with Gasteiger partial charge in [-0.3, -0.25) is 13.8 Å². The lowest BCUT2D eigenvalue weighted by molar-refractivity contribution is -0.122. The number of rotatable bonds is 6. The van der Waals surface area contributed by atoms with Gasteiger partial charge in [0.1, 0.15) is 5.75 Å². The number of carbonyl (C=O) groups is 1. The first-order valence-electron chi connectivity index (χ1n) is 10.1. The van der Waals surface area contributed by atoms with Crippen LogP contribution in [0.2, 0.25) is 10.0 Å². The summed E-state index contributed by atoms with van der Waals surface area (Å²) in [5.41, 5.74) is 0.847. The van der Waals surface area contributed by atoms with E-state index in [-0.39, 0.29) is 22.9 Å². The number of carbonyl (C=O) groups excluding carboxylic acids is 1. The van der Waals surface area contributed by atoms with Gasteiger partial charge in [-0.1, -0.05) is 29.3 Å². The van der Waals surface area contributed by atoms with E-state index in [1.807, 2.05) is 0 Å². The molecule has 1 atom stereocenters. The summed E-state index contributed by atoms with van der Waals surface area (Å²) in [5, 5.41) is 3.32. The van der Waals surface area contributed by atoms with Crippen molar-refractivity contribution in [1.82, 2.24) is 0 Å². The Morgan fingerprint density at radius 3 is 2.29 bits per heavy atom. The van der Waals surface area contributed by atoms with E-state index in [9.17, 15) is 21.6 Å². The zero-order chi connectivity index (χ0) is 25.4. The highest BCUT2D eigenvalue weighted by Crippen LogP contribution is 2.37. The highest BCUT2D eigenvalue weighted by Gasteiger charge is 2.35. The molecule has 4 rings (SSSR count). The summed E-state index contributed by atoms with van der Waals surface area (Å²) < 4.78 is 59.0. The Morgan fingerprint density at radius 1 is 0.943 bits per heavy atom. The first-order valence-corrected chi connectivity index (χ1v) is 14.1. The maximum absolute atomic E-state index is 12.8. The molecular weight excluding hydrogens is 537 g/mol. The van der Waals surface area contributed by atoms with Crippen LogP contribution in [0.3, 0.4) is 0 Å². The number of nitrogens with one attached hydrogen (secondary N) is 2. The Kier molecular flexibility index (Phi) is 6.87. The summed E-state index contributed by atoms with van der Waals surface area (Å²) in [6, 6.07) is 16.2. The van der Waals surface area contributed by atoms with Gasteiger partial charge in [0.05, 0.1) is 29.1 Å². The summed E-state index contributed by atoms with van der Waals surface area (Å²) in [7, 11) is -7.60. The van der Waals surface area contributed by atoms with Crippen molar-refractivity contribution < 1.29 is 26.4 Å². The van der Waals surface area contributed by atoms with Gasteiger partial charge in [0.2, 0.25) is 10.0 Å². The van der Waals surface area contributed by atoms with E-state index in [2.05, 4.69) is 10.0 Å². The second-order valence-corrected chi connectivity index (χ2v) is 12.1. The van der Waals surface area contributed by atoms with Crippen molar-refractivity contribution in [3.8, 4) is 5.75 Å². The fourth-order valence-electron chi connectivity index (χ4n) is 3.38. The number of halogens is 2. The predicted octanol–water partition coefficient (Wildman–Crippen LogP) is 3.96. The molecule has 9 nitrogen and oxygen atoms in total. The molecule has 184 valence electrons. The Morgan fingerprint density at radius 2 is 1.63 bits per heavy atom. The van der Waals surface area contributed by atoms with Crippen LogP contribution in [0.1, 0.15) is 0 Å². The number of sulfonamides is 2.